The monoisotopic (exact) mass is 386 g/mol. The predicted octanol–water partition coefficient (Wildman–Crippen LogP) is 3.44. The fraction of sp³-hybridized carbons (Fsp3) is 1.00. The molecule has 1 N–H and O–H groups in total. The van der Waals surface area contributed by atoms with E-state index in [-0.39, 0.29) is 23.0 Å². The first-order valence-corrected chi connectivity index (χ1v) is 10.5. The smallest absolute Gasteiger partial charge is 0.0739 e. The van der Waals surface area contributed by atoms with Crippen molar-refractivity contribution in [3.05, 3.63) is 0 Å². The molecule has 2 saturated heterocycles. The van der Waals surface area contributed by atoms with E-state index >= 15 is 0 Å². The average molecular weight is 387 g/mol. The van der Waals surface area contributed by atoms with Gasteiger partial charge in [-0.25, -0.2) is 0 Å². The molecule has 6 heteroatoms. The molecule has 0 radical (unpaired) electrons. The number of methoxy groups -OCH3 is 1. The molecule has 0 aromatic heterocycles. The second-order valence-electron chi connectivity index (χ2n) is 10.1. The second kappa shape index (κ2) is 9.51. The van der Waals surface area contributed by atoms with Crippen molar-refractivity contribution in [3.63, 3.8) is 0 Å². The van der Waals surface area contributed by atoms with E-state index in [0.717, 1.165) is 25.9 Å². The van der Waals surface area contributed by atoms with Gasteiger partial charge in [0.2, 0.25) is 0 Å². The minimum atomic E-state index is -0.0476. The van der Waals surface area contributed by atoms with Gasteiger partial charge in [0.25, 0.3) is 0 Å². The van der Waals surface area contributed by atoms with Crippen LogP contribution in [0.25, 0.3) is 0 Å². The SMILES string of the molecule is CCOC1CC(C(C)(C)CON2CC(OC)CC(C(C)(C)C)C2)CN(O)C1. The van der Waals surface area contributed by atoms with E-state index in [1.807, 2.05) is 6.92 Å². The van der Waals surface area contributed by atoms with Crippen LogP contribution in [0.4, 0.5) is 0 Å². The summed E-state index contributed by atoms with van der Waals surface area (Å²) in [4.78, 5) is 6.30. The maximum Gasteiger partial charge on any atom is 0.0739 e. The number of piperidine rings is 2. The summed E-state index contributed by atoms with van der Waals surface area (Å²) in [5.41, 5.74) is 0.188. The van der Waals surface area contributed by atoms with Gasteiger partial charge in [0.1, 0.15) is 0 Å². The van der Waals surface area contributed by atoms with Gasteiger partial charge >= 0.3 is 0 Å². The van der Waals surface area contributed by atoms with Gasteiger partial charge in [-0.3, -0.25) is 4.84 Å². The van der Waals surface area contributed by atoms with Gasteiger partial charge in [-0.15, -0.1) is 0 Å². The first-order valence-electron chi connectivity index (χ1n) is 10.5. The third-order valence-electron chi connectivity index (χ3n) is 6.46. The van der Waals surface area contributed by atoms with Crippen LogP contribution in [0.5, 0.6) is 0 Å². The Balaban J connectivity index is 1.94. The van der Waals surface area contributed by atoms with E-state index in [0.29, 0.717) is 38.1 Å². The van der Waals surface area contributed by atoms with Crippen LogP contribution in [0.15, 0.2) is 0 Å². The van der Waals surface area contributed by atoms with Gasteiger partial charge in [-0.2, -0.15) is 10.1 Å². The maximum atomic E-state index is 10.1. The minimum Gasteiger partial charge on any atom is -0.380 e. The molecule has 4 unspecified atom stereocenters. The van der Waals surface area contributed by atoms with Crippen LogP contribution >= 0.6 is 0 Å². The predicted molar refractivity (Wildman–Crippen MR) is 107 cm³/mol. The number of hydrogen-bond donors (Lipinski definition) is 1. The first-order chi connectivity index (χ1) is 12.5. The molecule has 0 aliphatic carbocycles. The summed E-state index contributed by atoms with van der Waals surface area (Å²) < 4.78 is 11.5. The zero-order valence-corrected chi connectivity index (χ0v) is 18.5. The largest absolute Gasteiger partial charge is 0.380 e. The second-order valence-corrected chi connectivity index (χ2v) is 10.1. The van der Waals surface area contributed by atoms with Crippen LogP contribution < -0.4 is 0 Å². The zero-order valence-electron chi connectivity index (χ0n) is 18.5. The van der Waals surface area contributed by atoms with Gasteiger partial charge < -0.3 is 14.7 Å². The molecule has 6 nitrogen and oxygen atoms in total. The fourth-order valence-electron chi connectivity index (χ4n) is 4.25. The summed E-state index contributed by atoms with van der Waals surface area (Å²) in [6.45, 7) is 17.7. The highest BCUT2D eigenvalue weighted by atomic mass is 16.7. The normalized spacial score (nSPS) is 32.0. The van der Waals surface area contributed by atoms with Gasteiger partial charge in [-0.1, -0.05) is 34.6 Å². The van der Waals surface area contributed by atoms with Crippen molar-refractivity contribution >= 4 is 0 Å². The lowest BCUT2D eigenvalue weighted by atomic mass is 9.75. The summed E-state index contributed by atoms with van der Waals surface area (Å²) in [5, 5.41) is 13.6. The molecule has 2 rings (SSSR count). The molecule has 2 aliphatic rings. The summed E-state index contributed by atoms with van der Waals surface area (Å²) in [6, 6.07) is 0. The summed E-state index contributed by atoms with van der Waals surface area (Å²) in [5.74, 6) is 0.874. The van der Waals surface area contributed by atoms with Crippen molar-refractivity contribution in [2.75, 3.05) is 46.5 Å². The van der Waals surface area contributed by atoms with Gasteiger partial charge in [-0.05, 0) is 42.4 Å². The lowest BCUT2D eigenvalue weighted by molar-refractivity contribution is -0.236. The Morgan fingerprint density at radius 1 is 0.926 bits per heavy atom. The molecule has 0 amide bonds. The van der Waals surface area contributed by atoms with Crippen molar-refractivity contribution in [2.24, 2.45) is 22.7 Å². The van der Waals surface area contributed by atoms with E-state index in [9.17, 15) is 5.21 Å². The summed E-state index contributed by atoms with van der Waals surface area (Å²) in [6.07, 6.45) is 2.36. The number of nitrogens with zero attached hydrogens (tertiary/aromatic N) is 2. The lowest BCUT2D eigenvalue weighted by Crippen LogP contribution is -2.51. The highest BCUT2D eigenvalue weighted by molar-refractivity contribution is 4.87. The van der Waals surface area contributed by atoms with Crippen LogP contribution in [0, 0.1) is 22.7 Å². The molecule has 2 aliphatic heterocycles. The van der Waals surface area contributed by atoms with Crippen LogP contribution in [0.2, 0.25) is 0 Å². The Bertz CT molecular complexity index is 452. The van der Waals surface area contributed by atoms with Crippen molar-refractivity contribution < 1.29 is 19.5 Å². The van der Waals surface area contributed by atoms with Gasteiger partial charge in [0.15, 0.2) is 0 Å². The van der Waals surface area contributed by atoms with Crippen LogP contribution in [0.1, 0.15) is 54.4 Å². The Morgan fingerprint density at radius 3 is 2.19 bits per heavy atom. The standard InChI is InChI=1S/C21H42N2O4/c1-8-26-19-10-17(11-22(24)13-19)21(5,6)15-27-23-12-16(20(2,3)4)9-18(14-23)25-7/h16-19,24H,8-15H2,1-7H3. The molecule has 4 atom stereocenters. The number of hydrogen-bond acceptors (Lipinski definition) is 6. The molecule has 0 saturated carbocycles. The summed E-state index contributed by atoms with van der Waals surface area (Å²) in [7, 11) is 1.80. The van der Waals surface area contributed by atoms with Gasteiger partial charge in [0.05, 0.1) is 31.9 Å². The zero-order chi connectivity index (χ0) is 20.2. The highest BCUT2D eigenvalue weighted by Crippen LogP contribution is 2.37. The third-order valence-corrected chi connectivity index (χ3v) is 6.46. The summed E-state index contributed by atoms with van der Waals surface area (Å²) >= 11 is 0. The minimum absolute atomic E-state index is 0.0476. The molecule has 2 heterocycles. The molecule has 0 aromatic rings. The van der Waals surface area contributed by atoms with E-state index in [4.69, 9.17) is 14.3 Å². The quantitative estimate of drug-likeness (QED) is 0.723. The number of rotatable bonds is 7. The molecular formula is C21H42N2O4. The van der Waals surface area contributed by atoms with Crippen LogP contribution in [0.3, 0.4) is 0 Å². The van der Waals surface area contributed by atoms with E-state index < -0.39 is 0 Å². The Labute approximate surface area is 166 Å². The number of hydroxylamine groups is 4. The maximum absolute atomic E-state index is 10.1. The molecular weight excluding hydrogens is 344 g/mol. The average Bonchev–Trinajstić information content (AvgIpc) is 2.59. The van der Waals surface area contributed by atoms with Crippen LogP contribution in [-0.2, 0) is 14.3 Å². The van der Waals surface area contributed by atoms with E-state index in [1.165, 1.54) is 5.06 Å². The molecule has 160 valence electrons. The molecule has 2 fully saturated rings. The third kappa shape index (κ3) is 6.65. The molecule has 0 bridgehead atoms. The van der Waals surface area contributed by atoms with Crippen molar-refractivity contribution in [3.8, 4) is 0 Å². The van der Waals surface area contributed by atoms with E-state index in [1.54, 1.807) is 7.11 Å². The highest BCUT2D eigenvalue weighted by Gasteiger charge is 2.39. The first kappa shape index (κ1) is 23.0. The molecule has 27 heavy (non-hydrogen) atoms. The Morgan fingerprint density at radius 2 is 1.59 bits per heavy atom. The molecule has 0 aromatic carbocycles. The number of ether oxygens (including phenoxy) is 2. The van der Waals surface area contributed by atoms with Crippen molar-refractivity contribution in [2.45, 2.75) is 66.6 Å². The van der Waals surface area contributed by atoms with Crippen LogP contribution in [-0.4, -0.2) is 74.0 Å². The molecule has 0 spiro atoms. The van der Waals surface area contributed by atoms with Crippen molar-refractivity contribution in [1.29, 1.82) is 0 Å². The lowest BCUT2D eigenvalue weighted by Gasteiger charge is -2.45. The van der Waals surface area contributed by atoms with Crippen molar-refractivity contribution in [1.82, 2.24) is 10.1 Å². The van der Waals surface area contributed by atoms with Gasteiger partial charge in [0, 0.05) is 26.8 Å². The fourth-order valence-corrected chi connectivity index (χ4v) is 4.25. The Hall–Kier alpha value is -0.240. The Kier molecular flexibility index (Phi) is 8.11. The topological polar surface area (TPSA) is 54.4 Å². The van der Waals surface area contributed by atoms with E-state index in [2.05, 4.69) is 39.7 Å².